The number of aromatic hydroxyl groups is 1. The molecule has 1 unspecified atom stereocenters. The third-order valence-electron chi connectivity index (χ3n) is 2.98. The number of morpholine rings is 1. The van der Waals surface area contributed by atoms with Crippen molar-refractivity contribution in [2.24, 2.45) is 0 Å². The van der Waals surface area contributed by atoms with Gasteiger partial charge in [0.05, 0.1) is 24.9 Å². The van der Waals surface area contributed by atoms with Crippen LogP contribution in [0, 0.1) is 0 Å². The van der Waals surface area contributed by atoms with Gasteiger partial charge in [0.25, 0.3) is 0 Å². The molecule has 0 aromatic heterocycles. The molecular weight excluding hydrogens is 272 g/mol. The quantitative estimate of drug-likeness (QED) is 0.730. The van der Waals surface area contributed by atoms with E-state index in [9.17, 15) is 9.90 Å². The second-order valence-electron chi connectivity index (χ2n) is 5.99. The summed E-state index contributed by atoms with van der Waals surface area (Å²) in [5.41, 5.74) is 0.662. The number of phenolic OH excluding ortho intramolecular Hbond substituents is 1. The largest absolute Gasteiger partial charge is 0.506 e. The highest BCUT2D eigenvalue weighted by Gasteiger charge is 2.19. The van der Waals surface area contributed by atoms with Crippen molar-refractivity contribution < 1.29 is 19.4 Å². The number of anilines is 1. The molecule has 0 bridgehead atoms. The predicted molar refractivity (Wildman–Crippen MR) is 79.5 cm³/mol. The third-order valence-corrected chi connectivity index (χ3v) is 2.98. The van der Waals surface area contributed by atoms with Crippen LogP contribution in [-0.2, 0) is 9.47 Å². The van der Waals surface area contributed by atoms with E-state index in [1.54, 1.807) is 32.9 Å². The minimum Gasteiger partial charge on any atom is -0.506 e. The molecule has 1 heterocycles. The van der Waals surface area contributed by atoms with E-state index < -0.39 is 11.7 Å². The molecule has 21 heavy (non-hydrogen) atoms. The van der Waals surface area contributed by atoms with Gasteiger partial charge in [-0.1, -0.05) is 6.07 Å². The molecule has 6 nitrogen and oxygen atoms in total. The number of rotatable bonds is 2. The fourth-order valence-electron chi connectivity index (χ4n) is 2.06. The molecular formula is C15H22N2O4. The van der Waals surface area contributed by atoms with Crippen molar-refractivity contribution in [1.29, 1.82) is 0 Å². The first-order valence-electron chi connectivity index (χ1n) is 6.99. The fourth-order valence-corrected chi connectivity index (χ4v) is 2.06. The van der Waals surface area contributed by atoms with Crippen molar-refractivity contribution in [3.05, 3.63) is 23.8 Å². The van der Waals surface area contributed by atoms with Crippen LogP contribution in [0.3, 0.4) is 0 Å². The number of hydrogen-bond acceptors (Lipinski definition) is 5. The van der Waals surface area contributed by atoms with Crippen LogP contribution in [0.5, 0.6) is 5.75 Å². The van der Waals surface area contributed by atoms with Gasteiger partial charge >= 0.3 is 6.09 Å². The van der Waals surface area contributed by atoms with Crippen molar-refractivity contribution in [3.63, 3.8) is 0 Å². The average Bonchev–Trinajstić information content (AvgIpc) is 2.40. The highest BCUT2D eigenvalue weighted by Crippen LogP contribution is 2.28. The predicted octanol–water partition coefficient (Wildman–Crippen LogP) is 2.40. The first-order valence-corrected chi connectivity index (χ1v) is 6.99. The van der Waals surface area contributed by atoms with Gasteiger partial charge in [0.2, 0.25) is 0 Å². The van der Waals surface area contributed by atoms with Crippen LogP contribution in [0.2, 0.25) is 0 Å². The van der Waals surface area contributed by atoms with E-state index in [2.05, 4.69) is 10.6 Å². The van der Waals surface area contributed by atoms with Gasteiger partial charge in [-0.2, -0.15) is 0 Å². The van der Waals surface area contributed by atoms with Gasteiger partial charge in [0, 0.05) is 6.54 Å². The van der Waals surface area contributed by atoms with Crippen molar-refractivity contribution in [1.82, 2.24) is 5.32 Å². The van der Waals surface area contributed by atoms with Crippen LogP contribution in [0.1, 0.15) is 32.4 Å². The lowest BCUT2D eigenvalue weighted by atomic mass is 10.1. The molecule has 0 spiro atoms. The summed E-state index contributed by atoms with van der Waals surface area (Å²) >= 11 is 0. The SMILES string of the molecule is CC(C)(C)OC(=O)Nc1ccc(C2COCCN2)cc1O. The second-order valence-corrected chi connectivity index (χ2v) is 5.99. The van der Waals surface area contributed by atoms with E-state index in [4.69, 9.17) is 9.47 Å². The van der Waals surface area contributed by atoms with Gasteiger partial charge in [0.15, 0.2) is 0 Å². The summed E-state index contributed by atoms with van der Waals surface area (Å²) in [6.07, 6.45) is -0.593. The molecule has 2 rings (SSSR count). The number of amides is 1. The Morgan fingerprint density at radius 3 is 2.81 bits per heavy atom. The minimum absolute atomic E-state index is 0.00531. The highest BCUT2D eigenvalue weighted by atomic mass is 16.6. The van der Waals surface area contributed by atoms with Crippen LogP contribution >= 0.6 is 0 Å². The van der Waals surface area contributed by atoms with E-state index >= 15 is 0 Å². The topological polar surface area (TPSA) is 79.8 Å². The fraction of sp³-hybridized carbons (Fsp3) is 0.533. The molecule has 1 aliphatic heterocycles. The zero-order valence-electron chi connectivity index (χ0n) is 12.6. The Labute approximate surface area is 124 Å². The smallest absolute Gasteiger partial charge is 0.412 e. The number of carbonyl (C=O) groups excluding carboxylic acids is 1. The van der Waals surface area contributed by atoms with Gasteiger partial charge in [-0.3, -0.25) is 5.32 Å². The summed E-state index contributed by atoms with van der Waals surface area (Å²) in [5.74, 6) is 0.00531. The van der Waals surface area contributed by atoms with E-state index in [1.165, 1.54) is 0 Å². The molecule has 1 saturated heterocycles. The number of carbonyl (C=O) groups is 1. The maximum absolute atomic E-state index is 11.7. The van der Waals surface area contributed by atoms with E-state index in [0.29, 0.717) is 18.9 Å². The van der Waals surface area contributed by atoms with Crippen molar-refractivity contribution in [2.75, 3.05) is 25.1 Å². The monoisotopic (exact) mass is 294 g/mol. The van der Waals surface area contributed by atoms with Gasteiger partial charge in [-0.05, 0) is 38.5 Å². The number of phenols is 1. The zero-order valence-corrected chi connectivity index (χ0v) is 12.6. The third kappa shape index (κ3) is 4.61. The highest BCUT2D eigenvalue weighted by molar-refractivity contribution is 5.86. The second kappa shape index (κ2) is 6.32. The maximum atomic E-state index is 11.7. The van der Waals surface area contributed by atoms with E-state index in [-0.39, 0.29) is 11.8 Å². The lowest BCUT2D eigenvalue weighted by Crippen LogP contribution is -2.34. The standard InChI is InChI=1S/C15H22N2O4/c1-15(2,3)21-14(19)17-11-5-4-10(8-13(11)18)12-9-20-7-6-16-12/h4-5,8,12,16,18H,6-7,9H2,1-3H3,(H,17,19). The number of hydrogen-bond donors (Lipinski definition) is 3. The Morgan fingerprint density at radius 1 is 1.48 bits per heavy atom. The Balaban J connectivity index is 2.03. The average molecular weight is 294 g/mol. The maximum Gasteiger partial charge on any atom is 0.412 e. The summed E-state index contributed by atoms with van der Waals surface area (Å²) in [7, 11) is 0. The van der Waals surface area contributed by atoms with Crippen LogP contribution in [0.4, 0.5) is 10.5 Å². The molecule has 3 N–H and O–H groups in total. The van der Waals surface area contributed by atoms with Crippen molar-refractivity contribution in [3.8, 4) is 5.75 Å². The molecule has 1 aliphatic rings. The summed E-state index contributed by atoms with van der Waals surface area (Å²) in [6.45, 7) is 7.39. The zero-order chi connectivity index (χ0) is 15.5. The minimum atomic E-state index is -0.593. The normalized spacial score (nSPS) is 19.1. The first-order chi connectivity index (χ1) is 9.85. The molecule has 1 fully saturated rings. The summed E-state index contributed by atoms with van der Waals surface area (Å²) < 4.78 is 10.5. The molecule has 116 valence electrons. The summed E-state index contributed by atoms with van der Waals surface area (Å²) in [6, 6.07) is 5.18. The molecule has 1 aromatic rings. The van der Waals surface area contributed by atoms with Crippen molar-refractivity contribution >= 4 is 11.8 Å². The lowest BCUT2D eigenvalue weighted by Gasteiger charge is -2.24. The number of ether oxygens (including phenoxy) is 2. The Kier molecular flexibility index (Phi) is 4.69. The molecule has 0 aliphatic carbocycles. The van der Waals surface area contributed by atoms with Gasteiger partial charge in [0.1, 0.15) is 11.4 Å². The number of benzene rings is 1. The summed E-state index contributed by atoms with van der Waals surface area (Å²) in [5, 5.41) is 15.9. The molecule has 1 atom stereocenters. The molecule has 0 saturated carbocycles. The first kappa shape index (κ1) is 15.6. The van der Waals surface area contributed by atoms with Crippen LogP contribution < -0.4 is 10.6 Å². The Hall–Kier alpha value is -1.79. The van der Waals surface area contributed by atoms with Crippen molar-refractivity contribution in [2.45, 2.75) is 32.4 Å². The van der Waals surface area contributed by atoms with Gasteiger partial charge in [-0.25, -0.2) is 4.79 Å². The van der Waals surface area contributed by atoms with E-state index in [0.717, 1.165) is 12.1 Å². The number of nitrogens with one attached hydrogen (secondary N) is 2. The summed E-state index contributed by atoms with van der Waals surface area (Å²) in [4.78, 5) is 11.7. The van der Waals surface area contributed by atoms with Crippen LogP contribution in [0.15, 0.2) is 18.2 Å². The van der Waals surface area contributed by atoms with Gasteiger partial charge in [-0.15, -0.1) is 0 Å². The molecule has 1 amide bonds. The Morgan fingerprint density at radius 2 is 2.24 bits per heavy atom. The van der Waals surface area contributed by atoms with Crippen LogP contribution in [-0.4, -0.2) is 36.6 Å². The van der Waals surface area contributed by atoms with Crippen LogP contribution in [0.25, 0.3) is 0 Å². The van der Waals surface area contributed by atoms with E-state index in [1.807, 2.05) is 6.07 Å². The lowest BCUT2D eigenvalue weighted by molar-refractivity contribution is 0.0635. The Bertz CT molecular complexity index is 505. The molecule has 1 aromatic carbocycles. The molecule has 6 heteroatoms. The van der Waals surface area contributed by atoms with Gasteiger partial charge < -0.3 is 19.9 Å². The molecule has 0 radical (unpaired) electrons.